The molecule has 4 heteroatoms. The number of benzene rings is 1. The van der Waals surface area contributed by atoms with Crippen molar-refractivity contribution in [1.82, 2.24) is 0 Å². The summed E-state index contributed by atoms with van der Waals surface area (Å²) in [5.41, 5.74) is 6.97. The molecule has 0 saturated heterocycles. The molecule has 1 atom stereocenters. The van der Waals surface area contributed by atoms with Crippen LogP contribution in [0.5, 0.6) is 11.5 Å². The van der Waals surface area contributed by atoms with Gasteiger partial charge in [-0.05, 0) is 31.4 Å². The Balaban J connectivity index is 2.52. The standard InChI is InChI=1S/C16H27NO3/c1-4-5-8-19-9-10-20-16-12-15(18-3)7-6-14(16)11-13(2)17/h6-7,12-13H,4-5,8-11,17H2,1-3H3. The number of hydrogen-bond acceptors (Lipinski definition) is 4. The molecule has 1 rings (SSSR count). The van der Waals surface area contributed by atoms with Crippen LogP contribution in [0.4, 0.5) is 0 Å². The van der Waals surface area contributed by atoms with E-state index in [-0.39, 0.29) is 6.04 Å². The maximum Gasteiger partial charge on any atom is 0.126 e. The quantitative estimate of drug-likeness (QED) is 0.670. The van der Waals surface area contributed by atoms with Crippen molar-refractivity contribution in [2.45, 2.75) is 39.2 Å². The van der Waals surface area contributed by atoms with Crippen LogP contribution >= 0.6 is 0 Å². The van der Waals surface area contributed by atoms with Gasteiger partial charge in [0.2, 0.25) is 0 Å². The van der Waals surface area contributed by atoms with E-state index in [4.69, 9.17) is 19.9 Å². The summed E-state index contributed by atoms with van der Waals surface area (Å²) in [5, 5.41) is 0. The Hall–Kier alpha value is -1.26. The smallest absolute Gasteiger partial charge is 0.126 e. The lowest BCUT2D eigenvalue weighted by Gasteiger charge is -2.14. The van der Waals surface area contributed by atoms with Gasteiger partial charge in [0.25, 0.3) is 0 Å². The molecular formula is C16H27NO3. The van der Waals surface area contributed by atoms with Crippen LogP contribution < -0.4 is 15.2 Å². The van der Waals surface area contributed by atoms with Crippen LogP contribution in [0, 0.1) is 0 Å². The van der Waals surface area contributed by atoms with Crippen molar-refractivity contribution in [1.29, 1.82) is 0 Å². The number of hydrogen-bond donors (Lipinski definition) is 1. The zero-order valence-corrected chi connectivity index (χ0v) is 12.9. The van der Waals surface area contributed by atoms with Gasteiger partial charge in [-0.2, -0.15) is 0 Å². The second-order valence-electron chi connectivity index (χ2n) is 4.97. The highest BCUT2D eigenvalue weighted by molar-refractivity contribution is 5.41. The molecular weight excluding hydrogens is 254 g/mol. The average Bonchev–Trinajstić information content (AvgIpc) is 2.43. The highest BCUT2D eigenvalue weighted by Gasteiger charge is 2.08. The van der Waals surface area contributed by atoms with Gasteiger partial charge < -0.3 is 19.9 Å². The SMILES string of the molecule is CCCCOCCOc1cc(OC)ccc1CC(C)N. The molecule has 4 nitrogen and oxygen atoms in total. The van der Waals surface area contributed by atoms with E-state index < -0.39 is 0 Å². The summed E-state index contributed by atoms with van der Waals surface area (Å²) in [6.45, 7) is 6.08. The molecule has 1 aromatic carbocycles. The van der Waals surface area contributed by atoms with E-state index in [1.807, 2.05) is 25.1 Å². The fourth-order valence-electron chi connectivity index (χ4n) is 1.87. The van der Waals surface area contributed by atoms with Crippen molar-refractivity contribution in [3.8, 4) is 11.5 Å². The van der Waals surface area contributed by atoms with E-state index in [0.29, 0.717) is 13.2 Å². The molecule has 0 amide bonds. The predicted octanol–water partition coefficient (Wildman–Crippen LogP) is 2.78. The normalized spacial score (nSPS) is 12.2. The van der Waals surface area contributed by atoms with Crippen LogP contribution in [0.2, 0.25) is 0 Å². The third kappa shape index (κ3) is 6.26. The number of rotatable bonds is 10. The molecule has 0 aromatic heterocycles. The van der Waals surface area contributed by atoms with Gasteiger partial charge in [-0.3, -0.25) is 0 Å². The van der Waals surface area contributed by atoms with Crippen LogP contribution in [-0.4, -0.2) is 33.0 Å². The molecule has 2 N–H and O–H groups in total. The van der Waals surface area contributed by atoms with E-state index in [2.05, 4.69) is 6.92 Å². The molecule has 1 aromatic rings. The molecule has 0 saturated carbocycles. The van der Waals surface area contributed by atoms with Gasteiger partial charge in [-0.25, -0.2) is 0 Å². The highest BCUT2D eigenvalue weighted by atomic mass is 16.5. The molecule has 1 unspecified atom stereocenters. The lowest BCUT2D eigenvalue weighted by atomic mass is 10.1. The van der Waals surface area contributed by atoms with Crippen molar-refractivity contribution in [2.75, 3.05) is 26.9 Å². The van der Waals surface area contributed by atoms with Gasteiger partial charge in [0, 0.05) is 18.7 Å². The number of methoxy groups -OCH3 is 1. The van der Waals surface area contributed by atoms with E-state index in [0.717, 1.165) is 42.9 Å². The second kappa shape index (κ2) is 9.61. The molecule has 0 spiro atoms. The molecule has 0 heterocycles. The number of nitrogens with two attached hydrogens (primary N) is 1. The van der Waals surface area contributed by atoms with Crippen molar-refractivity contribution < 1.29 is 14.2 Å². The van der Waals surface area contributed by atoms with Crippen LogP contribution in [-0.2, 0) is 11.2 Å². The first kappa shape index (κ1) is 16.8. The highest BCUT2D eigenvalue weighted by Crippen LogP contribution is 2.25. The van der Waals surface area contributed by atoms with E-state index in [9.17, 15) is 0 Å². The Morgan fingerprint density at radius 1 is 1.20 bits per heavy atom. The minimum Gasteiger partial charge on any atom is -0.497 e. The zero-order valence-electron chi connectivity index (χ0n) is 12.9. The molecule has 20 heavy (non-hydrogen) atoms. The molecule has 0 fully saturated rings. The van der Waals surface area contributed by atoms with Gasteiger partial charge in [-0.15, -0.1) is 0 Å². The van der Waals surface area contributed by atoms with Crippen molar-refractivity contribution >= 4 is 0 Å². The molecule has 0 aliphatic rings. The summed E-state index contributed by atoms with van der Waals surface area (Å²) in [6, 6.07) is 5.95. The first-order chi connectivity index (χ1) is 9.67. The number of unbranched alkanes of at least 4 members (excludes halogenated alkanes) is 1. The van der Waals surface area contributed by atoms with Gasteiger partial charge >= 0.3 is 0 Å². The Morgan fingerprint density at radius 3 is 2.65 bits per heavy atom. The van der Waals surface area contributed by atoms with Crippen molar-refractivity contribution in [2.24, 2.45) is 5.73 Å². The Kier molecular flexibility index (Phi) is 8.07. The minimum absolute atomic E-state index is 0.103. The molecule has 114 valence electrons. The van der Waals surface area contributed by atoms with Gasteiger partial charge in [-0.1, -0.05) is 19.4 Å². The summed E-state index contributed by atoms with van der Waals surface area (Å²) in [4.78, 5) is 0. The minimum atomic E-state index is 0.103. The zero-order chi connectivity index (χ0) is 14.8. The lowest BCUT2D eigenvalue weighted by molar-refractivity contribution is 0.0976. The average molecular weight is 281 g/mol. The fourth-order valence-corrected chi connectivity index (χ4v) is 1.87. The summed E-state index contributed by atoms with van der Waals surface area (Å²) in [6.07, 6.45) is 3.03. The topological polar surface area (TPSA) is 53.7 Å². The Morgan fingerprint density at radius 2 is 2.00 bits per heavy atom. The van der Waals surface area contributed by atoms with Crippen LogP contribution in [0.15, 0.2) is 18.2 Å². The third-order valence-corrected chi connectivity index (χ3v) is 2.94. The third-order valence-electron chi connectivity index (χ3n) is 2.94. The van der Waals surface area contributed by atoms with E-state index in [1.165, 1.54) is 0 Å². The fraction of sp³-hybridized carbons (Fsp3) is 0.625. The first-order valence-corrected chi connectivity index (χ1v) is 7.30. The van der Waals surface area contributed by atoms with Gasteiger partial charge in [0.1, 0.15) is 18.1 Å². The summed E-state index contributed by atoms with van der Waals surface area (Å²) >= 11 is 0. The molecule has 0 bridgehead atoms. The molecule has 0 radical (unpaired) electrons. The predicted molar refractivity (Wildman–Crippen MR) is 81.6 cm³/mol. The largest absolute Gasteiger partial charge is 0.497 e. The Labute approximate surface area is 122 Å². The van der Waals surface area contributed by atoms with Gasteiger partial charge in [0.15, 0.2) is 0 Å². The first-order valence-electron chi connectivity index (χ1n) is 7.30. The van der Waals surface area contributed by atoms with Gasteiger partial charge in [0.05, 0.1) is 13.7 Å². The van der Waals surface area contributed by atoms with Crippen LogP contribution in [0.25, 0.3) is 0 Å². The summed E-state index contributed by atoms with van der Waals surface area (Å²) in [5.74, 6) is 1.63. The maximum absolute atomic E-state index is 5.86. The summed E-state index contributed by atoms with van der Waals surface area (Å²) < 4.78 is 16.5. The Bertz CT molecular complexity index is 380. The monoisotopic (exact) mass is 281 g/mol. The van der Waals surface area contributed by atoms with Crippen molar-refractivity contribution in [3.05, 3.63) is 23.8 Å². The lowest BCUT2D eigenvalue weighted by Crippen LogP contribution is -2.18. The maximum atomic E-state index is 5.86. The van der Waals surface area contributed by atoms with Crippen molar-refractivity contribution in [3.63, 3.8) is 0 Å². The van der Waals surface area contributed by atoms with Crippen LogP contribution in [0.1, 0.15) is 32.3 Å². The summed E-state index contributed by atoms with van der Waals surface area (Å²) in [7, 11) is 1.65. The number of ether oxygens (including phenoxy) is 3. The molecule has 0 aliphatic carbocycles. The van der Waals surface area contributed by atoms with E-state index in [1.54, 1.807) is 7.11 Å². The van der Waals surface area contributed by atoms with E-state index >= 15 is 0 Å². The van der Waals surface area contributed by atoms with Crippen LogP contribution in [0.3, 0.4) is 0 Å². The molecule has 0 aliphatic heterocycles. The second-order valence-corrected chi connectivity index (χ2v) is 4.97.